The second-order valence-electron chi connectivity index (χ2n) is 5.55. The summed E-state index contributed by atoms with van der Waals surface area (Å²) >= 11 is 0. The van der Waals surface area contributed by atoms with Gasteiger partial charge in [-0.15, -0.1) is 0 Å². The molecule has 130 valence electrons. The highest BCUT2D eigenvalue weighted by Gasteiger charge is 2.04. The standard InChI is InChI=1S/C20H16N2O4/c1-26-20(25)15-9-5-8-14(10-15)12-17-19(24)21-16(18(23)22-17)11-13-6-3-2-4-7-13/h2-12H,1H3,(H,21,24)(H,22,23)/b16-11-,17-12-. The topological polar surface area (TPSA) is 92.0 Å². The van der Waals surface area contributed by atoms with Crippen LogP contribution in [0.5, 0.6) is 0 Å². The molecule has 26 heavy (non-hydrogen) atoms. The summed E-state index contributed by atoms with van der Waals surface area (Å²) in [6.45, 7) is 0. The van der Waals surface area contributed by atoms with Crippen LogP contribution >= 0.6 is 0 Å². The Balaban J connectivity index is 2.08. The van der Waals surface area contributed by atoms with Crippen LogP contribution in [0.15, 0.2) is 64.2 Å². The maximum atomic E-state index is 12.3. The summed E-state index contributed by atoms with van der Waals surface area (Å²) in [6.07, 6.45) is 3.10. The van der Waals surface area contributed by atoms with Gasteiger partial charge in [0.25, 0.3) is 11.1 Å². The van der Waals surface area contributed by atoms with E-state index in [4.69, 9.17) is 0 Å². The van der Waals surface area contributed by atoms with Crippen LogP contribution in [0.4, 0.5) is 0 Å². The van der Waals surface area contributed by atoms with Gasteiger partial charge < -0.3 is 14.7 Å². The first kappa shape index (κ1) is 17.2. The SMILES string of the molecule is COC(=O)c1cccc(/C=c2\[nH]c(=O)/c(=C/c3ccccc3)[nH]c2=O)c1. The van der Waals surface area contributed by atoms with Gasteiger partial charge in [-0.2, -0.15) is 0 Å². The van der Waals surface area contributed by atoms with Crippen molar-refractivity contribution in [1.82, 2.24) is 9.97 Å². The summed E-state index contributed by atoms with van der Waals surface area (Å²) in [5.74, 6) is -0.476. The van der Waals surface area contributed by atoms with Gasteiger partial charge in [-0.1, -0.05) is 42.5 Å². The van der Waals surface area contributed by atoms with Gasteiger partial charge in [-0.25, -0.2) is 4.79 Å². The lowest BCUT2D eigenvalue weighted by Gasteiger charge is -2.00. The van der Waals surface area contributed by atoms with E-state index in [9.17, 15) is 14.4 Å². The average Bonchev–Trinajstić information content (AvgIpc) is 2.66. The number of hydrogen-bond acceptors (Lipinski definition) is 4. The molecule has 0 radical (unpaired) electrons. The molecule has 1 aromatic heterocycles. The predicted octanol–water partition coefficient (Wildman–Crippen LogP) is 0.507. The van der Waals surface area contributed by atoms with Crippen LogP contribution in [0.3, 0.4) is 0 Å². The third-order valence-corrected chi connectivity index (χ3v) is 3.71. The fourth-order valence-electron chi connectivity index (χ4n) is 2.45. The van der Waals surface area contributed by atoms with E-state index in [1.54, 1.807) is 30.3 Å². The number of aromatic nitrogens is 2. The monoisotopic (exact) mass is 348 g/mol. The molecule has 2 N–H and O–H groups in total. The van der Waals surface area contributed by atoms with Crippen LogP contribution in [-0.2, 0) is 4.74 Å². The minimum absolute atomic E-state index is 0.0993. The molecule has 0 unspecified atom stereocenters. The molecule has 0 atom stereocenters. The molecule has 0 fully saturated rings. The van der Waals surface area contributed by atoms with Gasteiger partial charge in [-0.05, 0) is 35.4 Å². The second-order valence-corrected chi connectivity index (χ2v) is 5.55. The normalized spacial score (nSPS) is 12.2. The van der Waals surface area contributed by atoms with Gasteiger partial charge in [0.1, 0.15) is 10.7 Å². The molecule has 0 bridgehead atoms. The Labute approximate surface area is 148 Å². The summed E-state index contributed by atoms with van der Waals surface area (Å²) in [5.41, 5.74) is 0.901. The fraction of sp³-hybridized carbons (Fsp3) is 0.0500. The molecule has 1 heterocycles. The first-order valence-corrected chi connectivity index (χ1v) is 7.86. The van der Waals surface area contributed by atoms with Crippen LogP contribution in [0.2, 0.25) is 0 Å². The number of benzene rings is 2. The van der Waals surface area contributed by atoms with E-state index in [0.717, 1.165) is 5.56 Å². The van der Waals surface area contributed by atoms with E-state index >= 15 is 0 Å². The Kier molecular flexibility index (Phi) is 4.94. The third-order valence-electron chi connectivity index (χ3n) is 3.71. The molecule has 6 nitrogen and oxygen atoms in total. The van der Waals surface area contributed by atoms with Crippen LogP contribution in [0.25, 0.3) is 12.2 Å². The molecule has 0 amide bonds. The van der Waals surface area contributed by atoms with Crippen molar-refractivity contribution in [2.45, 2.75) is 0 Å². The Morgan fingerprint density at radius 1 is 0.846 bits per heavy atom. The molecular weight excluding hydrogens is 332 g/mol. The van der Waals surface area contributed by atoms with E-state index in [1.165, 1.54) is 13.2 Å². The highest BCUT2D eigenvalue weighted by atomic mass is 16.5. The molecule has 0 saturated heterocycles. The Morgan fingerprint density at radius 2 is 1.42 bits per heavy atom. The van der Waals surface area contributed by atoms with Crippen LogP contribution in [0.1, 0.15) is 21.5 Å². The number of carbonyl (C=O) groups excluding carboxylic acids is 1. The number of ether oxygens (including phenoxy) is 1. The average molecular weight is 348 g/mol. The maximum Gasteiger partial charge on any atom is 0.337 e. The highest BCUT2D eigenvalue weighted by molar-refractivity contribution is 5.89. The van der Waals surface area contributed by atoms with Crippen molar-refractivity contribution in [2.24, 2.45) is 0 Å². The van der Waals surface area contributed by atoms with Gasteiger partial charge >= 0.3 is 5.97 Å². The number of aromatic amines is 2. The van der Waals surface area contributed by atoms with Crippen molar-refractivity contribution in [3.63, 3.8) is 0 Å². The minimum atomic E-state index is -0.476. The van der Waals surface area contributed by atoms with Gasteiger partial charge in [0.15, 0.2) is 0 Å². The van der Waals surface area contributed by atoms with Crippen LogP contribution < -0.4 is 21.8 Å². The number of nitrogens with one attached hydrogen (secondary N) is 2. The van der Waals surface area contributed by atoms with E-state index < -0.39 is 17.1 Å². The summed E-state index contributed by atoms with van der Waals surface area (Å²) in [4.78, 5) is 41.3. The highest BCUT2D eigenvalue weighted by Crippen LogP contribution is 2.06. The fourth-order valence-corrected chi connectivity index (χ4v) is 2.45. The summed E-state index contributed by atoms with van der Waals surface area (Å²) in [7, 11) is 1.29. The predicted molar refractivity (Wildman–Crippen MR) is 98.3 cm³/mol. The lowest BCUT2D eigenvalue weighted by Crippen LogP contribution is -2.46. The number of esters is 1. The first-order chi connectivity index (χ1) is 12.6. The van der Waals surface area contributed by atoms with Crippen molar-refractivity contribution in [3.05, 3.63) is 103 Å². The summed E-state index contributed by atoms with van der Waals surface area (Å²) in [5, 5.41) is 0.267. The number of methoxy groups -OCH3 is 1. The molecule has 0 aliphatic rings. The smallest absolute Gasteiger partial charge is 0.337 e. The lowest BCUT2D eigenvalue weighted by molar-refractivity contribution is 0.0600. The van der Waals surface area contributed by atoms with Crippen molar-refractivity contribution in [2.75, 3.05) is 7.11 Å². The quantitative estimate of drug-likeness (QED) is 0.675. The maximum absolute atomic E-state index is 12.3. The number of hydrogen-bond donors (Lipinski definition) is 2. The lowest BCUT2D eigenvalue weighted by atomic mass is 10.1. The van der Waals surface area contributed by atoms with Crippen molar-refractivity contribution in [1.29, 1.82) is 0 Å². The molecule has 0 spiro atoms. The summed E-state index contributed by atoms with van der Waals surface area (Å²) in [6, 6.07) is 15.8. The third kappa shape index (κ3) is 3.87. The van der Waals surface area contributed by atoms with E-state index in [0.29, 0.717) is 11.1 Å². The molecular formula is C20H16N2O4. The van der Waals surface area contributed by atoms with Gasteiger partial charge in [-0.3, -0.25) is 9.59 Å². The van der Waals surface area contributed by atoms with Gasteiger partial charge in [0.05, 0.1) is 12.7 Å². The Morgan fingerprint density at radius 3 is 2.04 bits per heavy atom. The molecule has 2 aromatic carbocycles. The van der Waals surface area contributed by atoms with Crippen LogP contribution in [-0.4, -0.2) is 23.0 Å². The zero-order valence-corrected chi connectivity index (χ0v) is 14.0. The number of H-pyrrole nitrogens is 2. The summed E-state index contributed by atoms with van der Waals surface area (Å²) < 4.78 is 4.67. The zero-order valence-electron chi connectivity index (χ0n) is 14.0. The van der Waals surface area contributed by atoms with Crippen molar-refractivity contribution in [3.8, 4) is 0 Å². The van der Waals surface area contributed by atoms with Crippen molar-refractivity contribution >= 4 is 18.1 Å². The first-order valence-electron chi connectivity index (χ1n) is 7.86. The van der Waals surface area contributed by atoms with Crippen LogP contribution in [0, 0.1) is 0 Å². The Bertz CT molecular complexity index is 1170. The zero-order chi connectivity index (χ0) is 18.5. The van der Waals surface area contributed by atoms with Gasteiger partial charge in [0, 0.05) is 0 Å². The molecule has 6 heteroatoms. The molecule has 3 rings (SSSR count). The molecule has 3 aromatic rings. The largest absolute Gasteiger partial charge is 0.465 e. The van der Waals surface area contributed by atoms with Gasteiger partial charge in [0.2, 0.25) is 0 Å². The van der Waals surface area contributed by atoms with E-state index in [-0.39, 0.29) is 10.7 Å². The molecule has 0 saturated carbocycles. The molecule has 0 aliphatic heterocycles. The second kappa shape index (κ2) is 7.48. The van der Waals surface area contributed by atoms with Crippen molar-refractivity contribution < 1.29 is 9.53 Å². The minimum Gasteiger partial charge on any atom is -0.465 e. The number of carbonyl (C=O) groups is 1. The molecule has 0 aliphatic carbocycles. The van der Waals surface area contributed by atoms with E-state index in [2.05, 4.69) is 14.7 Å². The Hall–Kier alpha value is -3.67. The number of rotatable bonds is 3. The van der Waals surface area contributed by atoms with E-state index in [1.807, 2.05) is 30.3 Å².